The molecule has 0 fully saturated rings. The van der Waals surface area contributed by atoms with Crippen LogP contribution in [0.1, 0.15) is 5.56 Å². The molecule has 0 aliphatic rings. The van der Waals surface area contributed by atoms with E-state index in [2.05, 4.69) is 13.5 Å². The fourth-order valence-corrected chi connectivity index (χ4v) is 2.03. The van der Waals surface area contributed by atoms with Crippen LogP contribution in [0.15, 0.2) is 17.2 Å². The van der Waals surface area contributed by atoms with Gasteiger partial charge in [0.25, 0.3) is 0 Å². The van der Waals surface area contributed by atoms with Crippen LogP contribution in [-0.2, 0) is 14.6 Å². The highest BCUT2D eigenvalue weighted by atomic mass is 35.5. The van der Waals surface area contributed by atoms with Gasteiger partial charge >= 0.3 is 10.4 Å². The summed E-state index contributed by atoms with van der Waals surface area (Å²) in [7, 11) is -3.22. The molecule has 0 aromatic heterocycles. The third kappa shape index (κ3) is 3.74. The number of hydrogen-bond donors (Lipinski definition) is 1. The van der Waals surface area contributed by atoms with Crippen LogP contribution in [0.4, 0.5) is 0 Å². The summed E-state index contributed by atoms with van der Waals surface area (Å²) in [6.45, 7) is 0. The van der Waals surface area contributed by atoms with E-state index in [0.717, 1.165) is 13.3 Å². The quantitative estimate of drug-likeness (QED) is 0.517. The summed E-state index contributed by atoms with van der Waals surface area (Å²) in [6.07, 6.45) is 1.15. The lowest BCUT2D eigenvalue weighted by molar-refractivity contribution is 0.330. The van der Waals surface area contributed by atoms with Crippen LogP contribution in [0.3, 0.4) is 0 Å². The molecule has 1 aromatic carbocycles. The van der Waals surface area contributed by atoms with Crippen LogP contribution in [0.25, 0.3) is 0 Å². The molecule has 0 aliphatic heterocycles. The molecule has 0 heterocycles. The van der Waals surface area contributed by atoms with Crippen molar-refractivity contribution in [2.24, 2.45) is 10.9 Å². The average Bonchev–Trinajstić information content (AvgIpc) is 2.24. The average molecular weight is 299 g/mol. The minimum atomic E-state index is -4.18. The van der Waals surface area contributed by atoms with E-state index in [1.165, 1.54) is 12.1 Å². The lowest BCUT2D eigenvalue weighted by Gasteiger charge is -2.09. The predicted molar refractivity (Wildman–Crippen MR) is 64.8 cm³/mol. The molecule has 0 bridgehead atoms. The summed E-state index contributed by atoms with van der Waals surface area (Å²) in [4.78, 5) is 0. The summed E-state index contributed by atoms with van der Waals surface area (Å²) in [5.41, 5.74) is 0.214. The van der Waals surface area contributed by atoms with Gasteiger partial charge in [-0.25, -0.2) is 4.18 Å². The highest BCUT2D eigenvalue weighted by molar-refractivity contribution is 7.82. The summed E-state index contributed by atoms with van der Waals surface area (Å²) in [5.74, 6) is 4.81. The maximum atomic E-state index is 11.2. The second-order valence-corrected chi connectivity index (χ2v) is 4.90. The first-order valence-corrected chi connectivity index (χ1v) is 6.21. The first-order chi connectivity index (χ1) is 7.89. The largest absolute Gasteiger partial charge is 0.448 e. The molecule has 0 aliphatic carbocycles. The Morgan fingerprint density at radius 1 is 1.41 bits per heavy atom. The second-order valence-electron chi connectivity index (χ2n) is 2.74. The maximum absolute atomic E-state index is 11.2. The SMILES string of the molecule is COS(=O)(=O)Oc1c(Cl)cc(Cl)cc1/C=N/N. The summed E-state index contributed by atoms with van der Waals surface area (Å²) < 4.78 is 31.1. The number of benzene rings is 1. The van der Waals surface area contributed by atoms with Gasteiger partial charge in [0.1, 0.15) is 0 Å². The molecule has 2 N–H and O–H groups in total. The molecule has 1 aromatic rings. The third-order valence-electron chi connectivity index (χ3n) is 1.64. The van der Waals surface area contributed by atoms with Crippen LogP contribution < -0.4 is 10.0 Å². The van der Waals surface area contributed by atoms with Gasteiger partial charge in [0.15, 0.2) is 5.75 Å². The van der Waals surface area contributed by atoms with Crippen LogP contribution >= 0.6 is 23.2 Å². The molecule has 0 amide bonds. The molecule has 0 radical (unpaired) electrons. The van der Waals surface area contributed by atoms with E-state index in [-0.39, 0.29) is 21.4 Å². The number of hydrogen-bond acceptors (Lipinski definition) is 6. The van der Waals surface area contributed by atoms with Crippen molar-refractivity contribution in [3.63, 3.8) is 0 Å². The van der Waals surface area contributed by atoms with E-state index < -0.39 is 10.4 Å². The van der Waals surface area contributed by atoms with Crippen molar-refractivity contribution < 1.29 is 16.8 Å². The van der Waals surface area contributed by atoms with Crippen molar-refractivity contribution in [1.29, 1.82) is 0 Å². The molecule has 17 heavy (non-hydrogen) atoms. The Bertz CT molecular complexity index is 545. The van der Waals surface area contributed by atoms with E-state index in [0.29, 0.717) is 0 Å². The Balaban J connectivity index is 3.31. The Hall–Kier alpha value is -1.02. The number of halogens is 2. The number of hydrazone groups is 1. The Labute approximate surface area is 108 Å². The minimum Gasteiger partial charge on any atom is -0.359 e. The summed E-state index contributed by atoms with van der Waals surface area (Å²) in [5, 5.41) is 3.52. The molecular formula is C8H8Cl2N2O4S. The van der Waals surface area contributed by atoms with E-state index in [1.54, 1.807) is 0 Å². The van der Waals surface area contributed by atoms with Crippen molar-refractivity contribution in [1.82, 2.24) is 0 Å². The van der Waals surface area contributed by atoms with E-state index in [9.17, 15) is 8.42 Å². The summed E-state index contributed by atoms with van der Waals surface area (Å²) in [6, 6.07) is 2.71. The first kappa shape index (κ1) is 14.0. The molecule has 0 spiro atoms. The maximum Gasteiger partial charge on any atom is 0.448 e. The van der Waals surface area contributed by atoms with Crippen LogP contribution in [-0.4, -0.2) is 21.7 Å². The van der Waals surface area contributed by atoms with Crippen molar-refractivity contribution in [3.8, 4) is 5.75 Å². The third-order valence-corrected chi connectivity index (χ3v) is 2.92. The van der Waals surface area contributed by atoms with Crippen LogP contribution in [0.5, 0.6) is 5.75 Å². The number of nitrogens with zero attached hydrogens (tertiary/aromatic N) is 1. The van der Waals surface area contributed by atoms with Crippen molar-refractivity contribution >= 4 is 39.8 Å². The molecule has 0 saturated heterocycles. The Morgan fingerprint density at radius 3 is 2.59 bits per heavy atom. The lowest BCUT2D eigenvalue weighted by Crippen LogP contribution is -2.12. The Kier molecular flexibility index (Phi) is 4.58. The topological polar surface area (TPSA) is 91.0 Å². The van der Waals surface area contributed by atoms with Crippen LogP contribution in [0.2, 0.25) is 10.0 Å². The van der Waals surface area contributed by atoms with Gasteiger partial charge in [-0.3, -0.25) is 0 Å². The summed E-state index contributed by atoms with van der Waals surface area (Å²) >= 11 is 11.5. The molecular weight excluding hydrogens is 291 g/mol. The molecule has 0 saturated carbocycles. The van der Waals surface area contributed by atoms with Gasteiger partial charge in [-0.15, -0.1) is 0 Å². The van der Waals surface area contributed by atoms with Crippen molar-refractivity contribution in [3.05, 3.63) is 27.7 Å². The van der Waals surface area contributed by atoms with Gasteiger partial charge in [-0.05, 0) is 12.1 Å². The number of nitrogens with two attached hydrogens (primary N) is 1. The fraction of sp³-hybridized carbons (Fsp3) is 0.125. The highest BCUT2D eigenvalue weighted by Gasteiger charge is 2.18. The van der Waals surface area contributed by atoms with Crippen LogP contribution in [0, 0.1) is 0 Å². The monoisotopic (exact) mass is 298 g/mol. The zero-order valence-corrected chi connectivity index (χ0v) is 10.9. The van der Waals surface area contributed by atoms with Gasteiger partial charge in [0.2, 0.25) is 0 Å². The molecule has 0 atom stereocenters. The molecule has 1 rings (SSSR count). The second kappa shape index (κ2) is 5.54. The zero-order valence-electron chi connectivity index (χ0n) is 8.55. The number of rotatable bonds is 4. The predicted octanol–water partition coefficient (Wildman–Crippen LogP) is 1.56. The fourth-order valence-electron chi connectivity index (χ4n) is 0.980. The van der Waals surface area contributed by atoms with Crippen molar-refractivity contribution in [2.45, 2.75) is 0 Å². The molecule has 9 heteroatoms. The first-order valence-electron chi connectivity index (χ1n) is 4.12. The van der Waals surface area contributed by atoms with Gasteiger partial charge < -0.3 is 10.0 Å². The smallest absolute Gasteiger partial charge is 0.359 e. The van der Waals surface area contributed by atoms with E-state index in [4.69, 9.17) is 29.0 Å². The van der Waals surface area contributed by atoms with Gasteiger partial charge in [0, 0.05) is 10.6 Å². The zero-order chi connectivity index (χ0) is 13.1. The molecule has 0 unspecified atom stereocenters. The lowest BCUT2D eigenvalue weighted by atomic mass is 10.2. The highest BCUT2D eigenvalue weighted by Crippen LogP contribution is 2.32. The van der Waals surface area contributed by atoms with E-state index >= 15 is 0 Å². The van der Waals surface area contributed by atoms with E-state index in [1.807, 2.05) is 0 Å². The Morgan fingerprint density at radius 2 is 2.06 bits per heavy atom. The molecule has 6 nitrogen and oxygen atoms in total. The normalized spacial score (nSPS) is 11.9. The van der Waals surface area contributed by atoms with Crippen molar-refractivity contribution in [2.75, 3.05) is 7.11 Å². The van der Waals surface area contributed by atoms with Gasteiger partial charge in [-0.1, -0.05) is 23.2 Å². The standard InChI is InChI=1S/C8H8Cl2N2O4S/c1-15-17(13,14)16-8-5(4-12-11)2-6(9)3-7(8)10/h2-4H,11H2,1H3/b12-4+. The van der Waals surface area contributed by atoms with Gasteiger partial charge in [0.05, 0.1) is 18.3 Å². The van der Waals surface area contributed by atoms with Gasteiger partial charge in [-0.2, -0.15) is 13.5 Å². The molecule has 94 valence electrons. The minimum absolute atomic E-state index is 0.00646.